The fourth-order valence-corrected chi connectivity index (χ4v) is 10.4. The van der Waals surface area contributed by atoms with Crippen molar-refractivity contribution in [2.24, 2.45) is 0 Å². The molecule has 0 aliphatic carbocycles. The standard InChI is InChI=1S/C72H132O6/c1-4-7-10-13-16-18-20-22-24-26-28-30-31-32-33-34-35-36-37-38-39-40-41-43-44-46-48-50-52-54-56-59-62-65-71(74)77-68-69(67-76-70(73)64-61-58-15-12-9-6-3)78-72(75)66-63-60-57-55-53-51-49-47-45-42-29-27-25-23-21-19-17-14-11-8-5-2/h8,11,17,19,23,25,29,42,69H,4-7,9-10,12-16,18,20-22,24,26-28,30-41,43-68H2,1-3H3/b11-8-,19-17-,25-23-,42-29-. The van der Waals surface area contributed by atoms with Gasteiger partial charge in [-0.1, -0.05) is 345 Å². The lowest BCUT2D eigenvalue weighted by Gasteiger charge is -2.18. The molecule has 456 valence electrons. The van der Waals surface area contributed by atoms with Crippen LogP contribution in [0, 0.1) is 0 Å². The van der Waals surface area contributed by atoms with E-state index in [2.05, 4.69) is 69.4 Å². The van der Waals surface area contributed by atoms with E-state index in [1.54, 1.807) is 0 Å². The maximum atomic E-state index is 12.8. The van der Waals surface area contributed by atoms with Crippen LogP contribution < -0.4 is 0 Å². The summed E-state index contributed by atoms with van der Waals surface area (Å²) in [5.41, 5.74) is 0. The molecule has 0 aliphatic rings. The molecule has 0 aromatic rings. The number of ether oxygens (including phenoxy) is 3. The van der Waals surface area contributed by atoms with E-state index in [0.29, 0.717) is 19.3 Å². The van der Waals surface area contributed by atoms with E-state index in [1.165, 1.54) is 244 Å². The van der Waals surface area contributed by atoms with Gasteiger partial charge in [0.1, 0.15) is 13.2 Å². The molecule has 0 heterocycles. The summed E-state index contributed by atoms with van der Waals surface area (Å²) in [5.74, 6) is -0.871. The number of hydrogen-bond donors (Lipinski definition) is 0. The van der Waals surface area contributed by atoms with Crippen LogP contribution in [0.3, 0.4) is 0 Å². The maximum Gasteiger partial charge on any atom is 0.306 e. The average Bonchev–Trinajstić information content (AvgIpc) is 3.44. The van der Waals surface area contributed by atoms with Gasteiger partial charge in [0, 0.05) is 19.3 Å². The summed E-state index contributed by atoms with van der Waals surface area (Å²) in [5, 5.41) is 0. The van der Waals surface area contributed by atoms with Crippen LogP contribution >= 0.6 is 0 Å². The topological polar surface area (TPSA) is 78.9 Å². The van der Waals surface area contributed by atoms with Crippen molar-refractivity contribution in [3.8, 4) is 0 Å². The van der Waals surface area contributed by atoms with E-state index in [0.717, 1.165) is 89.9 Å². The highest BCUT2D eigenvalue weighted by molar-refractivity contribution is 5.71. The molecule has 0 N–H and O–H groups in total. The Hall–Kier alpha value is -2.63. The molecule has 78 heavy (non-hydrogen) atoms. The van der Waals surface area contributed by atoms with Crippen molar-refractivity contribution >= 4 is 17.9 Å². The van der Waals surface area contributed by atoms with Crippen LogP contribution in [-0.4, -0.2) is 37.2 Å². The summed E-state index contributed by atoms with van der Waals surface area (Å²) >= 11 is 0. The maximum absolute atomic E-state index is 12.8. The van der Waals surface area contributed by atoms with Crippen LogP contribution in [0.15, 0.2) is 48.6 Å². The molecule has 6 heteroatoms. The van der Waals surface area contributed by atoms with Crippen molar-refractivity contribution in [2.75, 3.05) is 13.2 Å². The van der Waals surface area contributed by atoms with Crippen LogP contribution in [0.5, 0.6) is 0 Å². The van der Waals surface area contributed by atoms with Gasteiger partial charge in [0.05, 0.1) is 0 Å². The Kier molecular flexibility index (Phi) is 64.6. The minimum atomic E-state index is -0.773. The molecule has 0 saturated carbocycles. The van der Waals surface area contributed by atoms with Gasteiger partial charge < -0.3 is 14.2 Å². The van der Waals surface area contributed by atoms with E-state index in [1.807, 2.05) is 0 Å². The molecular weight excluding hydrogens is 961 g/mol. The Balaban J connectivity index is 3.94. The molecule has 1 unspecified atom stereocenters. The van der Waals surface area contributed by atoms with Crippen LogP contribution in [0.25, 0.3) is 0 Å². The molecule has 0 spiro atoms. The molecule has 0 aliphatic heterocycles. The number of carbonyl (C=O) groups excluding carboxylic acids is 3. The molecule has 6 nitrogen and oxygen atoms in total. The second-order valence-electron chi connectivity index (χ2n) is 23.4. The van der Waals surface area contributed by atoms with Gasteiger partial charge in [-0.2, -0.15) is 0 Å². The molecular formula is C72H132O6. The quantitative estimate of drug-likeness (QED) is 0.0261. The normalized spacial score (nSPS) is 12.3. The summed E-state index contributed by atoms with van der Waals surface area (Å²) in [6, 6.07) is 0. The fraction of sp³-hybridized carbons (Fsp3) is 0.847. The summed E-state index contributed by atoms with van der Waals surface area (Å²) in [6.45, 7) is 6.52. The zero-order valence-electron chi connectivity index (χ0n) is 52.5. The summed E-state index contributed by atoms with van der Waals surface area (Å²) in [7, 11) is 0. The van der Waals surface area contributed by atoms with Crippen molar-refractivity contribution in [3.63, 3.8) is 0 Å². The first kappa shape index (κ1) is 75.4. The molecule has 0 rings (SSSR count). The lowest BCUT2D eigenvalue weighted by Crippen LogP contribution is -2.30. The molecule has 0 radical (unpaired) electrons. The second-order valence-corrected chi connectivity index (χ2v) is 23.4. The van der Waals surface area contributed by atoms with Crippen LogP contribution in [0.4, 0.5) is 0 Å². The van der Waals surface area contributed by atoms with E-state index in [9.17, 15) is 14.4 Å². The Morgan fingerprint density at radius 1 is 0.269 bits per heavy atom. The lowest BCUT2D eigenvalue weighted by atomic mass is 10.0. The van der Waals surface area contributed by atoms with Gasteiger partial charge in [0.2, 0.25) is 0 Å². The largest absolute Gasteiger partial charge is 0.462 e. The molecule has 1 atom stereocenters. The average molecular weight is 1090 g/mol. The summed E-state index contributed by atoms with van der Waals surface area (Å²) in [4.78, 5) is 38.0. The smallest absolute Gasteiger partial charge is 0.306 e. The highest BCUT2D eigenvalue weighted by Gasteiger charge is 2.19. The molecule has 0 saturated heterocycles. The lowest BCUT2D eigenvalue weighted by molar-refractivity contribution is -0.167. The number of carbonyl (C=O) groups is 3. The molecule has 0 aromatic carbocycles. The highest BCUT2D eigenvalue weighted by atomic mass is 16.6. The van der Waals surface area contributed by atoms with E-state index in [4.69, 9.17) is 14.2 Å². The zero-order valence-corrected chi connectivity index (χ0v) is 52.5. The van der Waals surface area contributed by atoms with Crippen molar-refractivity contribution in [3.05, 3.63) is 48.6 Å². The molecule has 0 bridgehead atoms. The fourth-order valence-electron chi connectivity index (χ4n) is 10.4. The number of unbranched alkanes of at least 4 members (excludes halogenated alkanes) is 45. The van der Waals surface area contributed by atoms with Crippen molar-refractivity contribution in [1.29, 1.82) is 0 Å². The third kappa shape index (κ3) is 64.2. The minimum absolute atomic E-state index is 0.0726. The number of hydrogen-bond acceptors (Lipinski definition) is 6. The summed E-state index contributed by atoms with van der Waals surface area (Å²) in [6.07, 6.45) is 84.8. The number of rotatable bonds is 64. The molecule has 0 fully saturated rings. The van der Waals surface area contributed by atoms with Crippen molar-refractivity contribution in [1.82, 2.24) is 0 Å². The third-order valence-corrected chi connectivity index (χ3v) is 15.6. The van der Waals surface area contributed by atoms with Gasteiger partial charge in [-0.3, -0.25) is 14.4 Å². The van der Waals surface area contributed by atoms with Crippen LogP contribution in [0.2, 0.25) is 0 Å². The molecule has 0 aromatic heterocycles. The zero-order chi connectivity index (χ0) is 56.4. The van der Waals surface area contributed by atoms with E-state index >= 15 is 0 Å². The van der Waals surface area contributed by atoms with Gasteiger partial charge in [-0.15, -0.1) is 0 Å². The highest BCUT2D eigenvalue weighted by Crippen LogP contribution is 2.19. The SMILES string of the molecule is CC/C=C\C/C=C\C/C=C\C/C=C\CCCCCCCCCCC(=O)OC(COC(=O)CCCCCCCC)COC(=O)CCCCCCCCCCCCCCCCCCCCCCCCCCCCCCCCCCC. The minimum Gasteiger partial charge on any atom is -0.462 e. The van der Waals surface area contributed by atoms with Gasteiger partial charge in [-0.25, -0.2) is 0 Å². The van der Waals surface area contributed by atoms with Crippen molar-refractivity contribution in [2.45, 2.75) is 380 Å². The predicted octanol–water partition coefficient (Wildman–Crippen LogP) is 23.7. The van der Waals surface area contributed by atoms with Crippen molar-refractivity contribution < 1.29 is 28.6 Å². The first-order valence-corrected chi connectivity index (χ1v) is 34.6. The van der Waals surface area contributed by atoms with Gasteiger partial charge >= 0.3 is 17.9 Å². The number of allylic oxidation sites excluding steroid dienone is 8. The summed E-state index contributed by atoms with van der Waals surface area (Å²) < 4.78 is 16.8. The van der Waals surface area contributed by atoms with Gasteiger partial charge in [0.15, 0.2) is 6.10 Å². The molecule has 0 amide bonds. The Morgan fingerprint density at radius 3 is 0.782 bits per heavy atom. The van der Waals surface area contributed by atoms with E-state index in [-0.39, 0.29) is 31.1 Å². The van der Waals surface area contributed by atoms with E-state index < -0.39 is 6.10 Å². The Bertz CT molecular complexity index is 1350. The predicted molar refractivity (Wildman–Crippen MR) is 339 cm³/mol. The second kappa shape index (κ2) is 66.9. The van der Waals surface area contributed by atoms with Crippen LogP contribution in [-0.2, 0) is 28.6 Å². The first-order valence-electron chi connectivity index (χ1n) is 34.6. The number of esters is 3. The van der Waals surface area contributed by atoms with Gasteiger partial charge in [-0.05, 0) is 57.8 Å². The first-order chi connectivity index (χ1) is 38.5. The van der Waals surface area contributed by atoms with Gasteiger partial charge in [0.25, 0.3) is 0 Å². The third-order valence-electron chi connectivity index (χ3n) is 15.6. The monoisotopic (exact) mass is 1090 g/mol. The van der Waals surface area contributed by atoms with Crippen LogP contribution in [0.1, 0.15) is 374 Å². The Labute approximate surface area is 486 Å². The Morgan fingerprint density at radius 2 is 0.500 bits per heavy atom.